The summed E-state index contributed by atoms with van der Waals surface area (Å²) in [5.74, 6) is 0.0393. The summed E-state index contributed by atoms with van der Waals surface area (Å²) >= 11 is 0. The minimum atomic E-state index is 0.0393. The maximum atomic E-state index is 12.2. The van der Waals surface area contributed by atoms with E-state index in [2.05, 4.69) is 5.10 Å². The lowest BCUT2D eigenvalue weighted by atomic mass is 10.2. The van der Waals surface area contributed by atoms with Crippen molar-refractivity contribution in [2.24, 2.45) is 12.8 Å². The van der Waals surface area contributed by atoms with Gasteiger partial charge in [-0.25, -0.2) is 0 Å². The second-order valence-electron chi connectivity index (χ2n) is 4.57. The molecule has 102 valence electrons. The number of nitrogens with zero attached hydrogens (tertiary/aromatic N) is 3. The van der Waals surface area contributed by atoms with Gasteiger partial charge in [-0.1, -0.05) is 13.3 Å². The summed E-state index contributed by atoms with van der Waals surface area (Å²) < 4.78 is 1.66. The van der Waals surface area contributed by atoms with E-state index >= 15 is 0 Å². The van der Waals surface area contributed by atoms with Crippen LogP contribution in [0.5, 0.6) is 0 Å². The highest BCUT2D eigenvalue weighted by atomic mass is 16.2. The molecule has 0 bridgehead atoms. The van der Waals surface area contributed by atoms with Crippen molar-refractivity contribution >= 4 is 5.91 Å². The topological polar surface area (TPSA) is 64.2 Å². The molecular formula is C13H24N4O. The molecule has 1 amide bonds. The van der Waals surface area contributed by atoms with Crippen LogP contribution in [0, 0.1) is 0 Å². The van der Waals surface area contributed by atoms with Gasteiger partial charge >= 0.3 is 0 Å². The maximum Gasteiger partial charge on any atom is 0.271 e. The third kappa shape index (κ3) is 3.84. The van der Waals surface area contributed by atoms with Crippen molar-refractivity contribution in [3.63, 3.8) is 0 Å². The first-order valence-corrected chi connectivity index (χ1v) is 6.58. The van der Waals surface area contributed by atoms with E-state index in [1.807, 2.05) is 27.1 Å². The molecule has 0 fully saturated rings. The minimum Gasteiger partial charge on any atom is -0.340 e. The summed E-state index contributed by atoms with van der Waals surface area (Å²) in [4.78, 5) is 14.0. The van der Waals surface area contributed by atoms with Gasteiger partial charge in [0.2, 0.25) is 0 Å². The first kappa shape index (κ1) is 14.7. The number of aromatic nitrogens is 2. The average Bonchev–Trinajstić information content (AvgIpc) is 2.74. The Morgan fingerprint density at radius 2 is 2.17 bits per heavy atom. The first-order chi connectivity index (χ1) is 8.60. The van der Waals surface area contributed by atoms with Crippen LogP contribution in [0.3, 0.4) is 0 Å². The molecule has 1 aromatic heterocycles. The summed E-state index contributed by atoms with van der Waals surface area (Å²) in [6.07, 6.45) is 3.94. The number of carbonyl (C=O) groups excluding carboxylic acids is 1. The standard InChI is InChI=1S/C13H24N4O/c1-4-11-10-12(17(3)15-11)13(18)16(2)9-7-5-6-8-14/h10H,4-9,14H2,1-3H3. The largest absolute Gasteiger partial charge is 0.340 e. The summed E-state index contributed by atoms with van der Waals surface area (Å²) in [6.45, 7) is 3.53. The molecule has 0 spiro atoms. The second kappa shape index (κ2) is 7.16. The number of unbranched alkanes of at least 4 members (excludes halogenated alkanes) is 2. The van der Waals surface area contributed by atoms with Gasteiger partial charge in [-0.3, -0.25) is 9.48 Å². The normalized spacial score (nSPS) is 10.7. The third-order valence-corrected chi connectivity index (χ3v) is 3.06. The quantitative estimate of drug-likeness (QED) is 0.741. The van der Waals surface area contributed by atoms with Crippen LogP contribution in [0.2, 0.25) is 0 Å². The van der Waals surface area contributed by atoms with E-state index in [0.29, 0.717) is 5.69 Å². The fourth-order valence-corrected chi connectivity index (χ4v) is 1.87. The third-order valence-electron chi connectivity index (χ3n) is 3.06. The molecule has 0 aliphatic rings. The number of hydrogen-bond donors (Lipinski definition) is 1. The molecule has 0 saturated heterocycles. The van der Waals surface area contributed by atoms with E-state index in [1.165, 1.54) is 0 Å². The highest BCUT2D eigenvalue weighted by molar-refractivity contribution is 5.92. The van der Waals surface area contributed by atoms with E-state index in [1.54, 1.807) is 9.58 Å². The minimum absolute atomic E-state index is 0.0393. The molecule has 0 radical (unpaired) electrons. The van der Waals surface area contributed by atoms with Crippen molar-refractivity contribution in [2.75, 3.05) is 20.1 Å². The lowest BCUT2D eigenvalue weighted by Crippen LogP contribution is -2.29. The van der Waals surface area contributed by atoms with Crippen LogP contribution < -0.4 is 5.73 Å². The zero-order valence-corrected chi connectivity index (χ0v) is 11.6. The van der Waals surface area contributed by atoms with Crippen LogP contribution in [0.15, 0.2) is 6.07 Å². The maximum absolute atomic E-state index is 12.2. The molecule has 0 saturated carbocycles. The van der Waals surface area contributed by atoms with E-state index in [-0.39, 0.29) is 5.91 Å². The number of carbonyl (C=O) groups is 1. The number of amides is 1. The van der Waals surface area contributed by atoms with Crippen molar-refractivity contribution in [3.05, 3.63) is 17.5 Å². The Kier molecular flexibility index (Phi) is 5.85. The van der Waals surface area contributed by atoms with Gasteiger partial charge in [0.25, 0.3) is 5.91 Å². The lowest BCUT2D eigenvalue weighted by molar-refractivity contribution is 0.0782. The Morgan fingerprint density at radius 3 is 2.72 bits per heavy atom. The average molecular weight is 252 g/mol. The smallest absolute Gasteiger partial charge is 0.271 e. The van der Waals surface area contributed by atoms with E-state index in [4.69, 9.17) is 5.73 Å². The lowest BCUT2D eigenvalue weighted by Gasteiger charge is -2.16. The van der Waals surface area contributed by atoms with Gasteiger partial charge < -0.3 is 10.6 Å². The molecule has 0 atom stereocenters. The SMILES string of the molecule is CCc1cc(C(=O)N(C)CCCCCN)n(C)n1. The van der Waals surface area contributed by atoms with Gasteiger partial charge in [0.1, 0.15) is 5.69 Å². The number of aryl methyl sites for hydroxylation is 2. The summed E-state index contributed by atoms with van der Waals surface area (Å²) in [5, 5.41) is 4.29. The van der Waals surface area contributed by atoms with Crippen LogP contribution >= 0.6 is 0 Å². The first-order valence-electron chi connectivity index (χ1n) is 6.58. The highest BCUT2D eigenvalue weighted by Crippen LogP contribution is 2.08. The van der Waals surface area contributed by atoms with Gasteiger partial charge in [-0.05, 0) is 31.9 Å². The predicted molar refractivity (Wildman–Crippen MR) is 72.5 cm³/mol. The van der Waals surface area contributed by atoms with Crippen molar-refractivity contribution in [3.8, 4) is 0 Å². The number of rotatable bonds is 7. The monoisotopic (exact) mass is 252 g/mol. The summed E-state index contributed by atoms with van der Waals surface area (Å²) in [7, 11) is 3.65. The van der Waals surface area contributed by atoms with Gasteiger partial charge in [-0.15, -0.1) is 0 Å². The molecule has 5 heteroatoms. The van der Waals surface area contributed by atoms with Crippen LogP contribution in [0.1, 0.15) is 42.4 Å². The van der Waals surface area contributed by atoms with Crippen molar-refractivity contribution < 1.29 is 4.79 Å². The second-order valence-corrected chi connectivity index (χ2v) is 4.57. The molecule has 0 aromatic carbocycles. The molecule has 2 N–H and O–H groups in total. The Hall–Kier alpha value is -1.36. The van der Waals surface area contributed by atoms with Crippen LogP contribution in [-0.4, -0.2) is 40.7 Å². The van der Waals surface area contributed by atoms with Crippen LogP contribution in [0.4, 0.5) is 0 Å². The van der Waals surface area contributed by atoms with Gasteiger partial charge in [-0.2, -0.15) is 5.10 Å². The highest BCUT2D eigenvalue weighted by Gasteiger charge is 2.16. The predicted octanol–water partition coefficient (Wildman–Crippen LogP) is 1.18. The van der Waals surface area contributed by atoms with Crippen LogP contribution in [0.25, 0.3) is 0 Å². The molecule has 0 aliphatic carbocycles. The Bertz CT molecular complexity index is 386. The molecule has 1 rings (SSSR count). The molecule has 0 aliphatic heterocycles. The Labute approximate surface area is 109 Å². The Morgan fingerprint density at radius 1 is 1.44 bits per heavy atom. The van der Waals surface area contributed by atoms with Crippen molar-refractivity contribution in [1.29, 1.82) is 0 Å². The summed E-state index contributed by atoms with van der Waals surface area (Å²) in [5.41, 5.74) is 7.06. The summed E-state index contributed by atoms with van der Waals surface area (Å²) in [6, 6.07) is 1.87. The van der Waals surface area contributed by atoms with Crippen molar-refractivity contribution in [1.82, 2.24) is 14.7 Å². The number of hydrogen-bond acceptors (Lipinski definition) is 3. The van der Waals surface area contributed by atoms with E-state index < -0.39 is 0 Å². The van der Waals surface area contributed by atoms with Crippen molar-refractivity contribution in [2.45, 2.75) is 32.6 Å². The van der Waals surface area contributed by atoms with E-state index in [9.17, 15) is 4.79 Å². The van der Waals surface area contributed by atoms with Gasteiger partial charge in [0.05, 0.1) is 5.69 Å². The molecule has 5 nitrogen and oxygen atoms in total. The fraction of sp³-hybridized carbons (Fsp3) is 0.692. The van der Waals surface area contributed by atoms with Gasteiger partial charge in [0, 0.05) is 20.6 Å². The molecular weight excluding hydrogens is 228 g/mol. The molecule has 18 heavy (non-hydrogen) atoms. The zero-order chi connectivity index (χ0) is 13.5. The molecule has 0 unspecified atom stereocenters. The van der Waals surface area contributed by atoms with Crippen LogP contribution in [-0.2, 0) is 13.5 Å². The molecule has 1 heterocycles. The van der Waals surface area contributed by atoms with E-state index in [0.717, 1.165) is 44.5 Å². The fourth-order valence-electron chi connectivity index (χ4n) is 1.87. The van der Waals surface area contributed by atoms with Gasteiger partial charge in [0.15, 0.2) is 0 Å². The zero-order valence-electron chi connectivity index (χ0n) is 11.6. The molecule has 1 aromatic rings. The number of nitrogens with two attached hydrogens (primary N) is 1. The Balaban J connectivity index is 2.54.